The molecule has 0 saturated carbocycles. The molecule has 1 aromatic heterocycles. The minimum absolute atomic E-state index is 0.0308. The Morgan fingerprint density at radius 1 is 0.697 bits per heavy atom. The first-order valence-electron chi connectivity index (χ1n) is 11.2. The van der Waals surface area contributed by atoms with Gasteiger partial charge in [-0.05, 0) is 83.6 Å². The molecule has 5 aromatic rings. The normalized spacial score (nSPS) is 12.0. The Labute approximate surface area is 193 Å². The van der Waals surface area contributed by atoms with E-state index < -0.39 is 7.60 Å². The SMILES string of the molecule is CCc1ccc2c(c1)c1cc(CC)ccc1n2-c1cccc(-c2ccc(P(=O)(O)O)cc2)c1. The molecule has 0 unspecified atom stereocenters. The third-order valence-corrected chi connectivity index (χ3v) is 7.32. The van der Waals surface area contributed by atoms with Crippen LogP contribution in [0.25, 0.3) is 38.6 Å². The van der Waals surface area contributed by atoms with E-state index in [0.717, 1.165) is 29.7 Å². The lowest BCUT2D eigenvalue weighted by Gasteiger charge is -2.11. The van der Waals surface area contributed by atoms with Crippen molar-refractivity contribution in [3.05, 3.63) is 96.1 Å². The monoisotopic (exact) mass is 455 g/mol. The van der Waals surface area contributed by atoms with Gasteiger partial charge in [0.1, 0.15) is 0 Å². The van der Waals surface area contributed by atoms with E-state index in [-0.39, 0.29) is 5.30 Å². The summed E-state index contributed by atoms with van der Waals surface area (Å²) in [4.78, 5) is 18.8. The molecule has 33 heavy (non-hydrogen) atoms. The van der Waals surface area contributed by atoms with Crippen LogP contribution >= 0.6 is 7.60 Å². The van der Waals surface area contributed by atoms with Crippen LogP contribution in [-0.4, -0.2) is 14.4 Å². The molecule has 0 spiro atoms. The van der Waals surface area contributed by atoms with Crippen molar-refractivity contribution in [2.45, 2.75) is 26.7 Å². The highest BCUT2D eigenvalue weighted by atomic mass is 31.2. The molecule has 1 heterocycles. The smallest absolute Gasteiger partial charge is 0.321 e. The number of rotatable bonds is 5. The standard InChI is InChI=1S/C28H26NO3P/c1-3-19-8-14-27-25(16-19)26-17-20(4-2)9-15-28(26)29(27)23-7-5-6-22(18-23)21-10-12-24(13-11-21)33(30,31)32/h5-18H,3-4H2,1-2H3,(H2,30,31,32). The first-order chi connectivity index (χ1) is 15.9. The van der Waals surface area contributed by atoms with E-state index in [9.17, 15) is 14.4 Å². The number of hydrogen-bond acceptors (Lipinski definition) is 1. The highest BCUT2D eigenvalue weighted by Gasteiger charge is 2.17. The van der Waals surface area contributed by atoms with Gasteiger partial charge in [-0.15, -0.1) is 0 Å². The van der Waals surface area contributed by atoms with Crippen LogP contribution in [0.4, 0.5) is 0 Å². The molecule has 0 atom stereocenters. The fourth-order valence-corrected chi connectivity index (χ4v) is 5.05. The van der Waals surface area contributed by atoms with Gasteiger partial charge < -0.3 is 14.4 Å². The lowest BCUT2D eigenvalue weighted by molar-refractivity contribution is 0.387. The Morgan fingerprint density at radius 2 is 1.27 bits per heavy atom. The average Bonchev–Trinajstić information content (AvgIpc) is 3.16. The molecule has 0 aliphatic rings. The van der Waals surface area contributed by atoms with E-state index in [0.29, 0.717) is 0 Å². The Morgan fingerprint density at radius 3 is 1.79 bits per heavy atom. The van der Waals surface area contributed by atoms with Crippen molar-refractivity contribution >= 4 is 34.7 Å². The maximum Gasteiger partial charge on any atom is 0.356 e. The van der Waals surface area contributed by atoms with Crippen LogP contribution in [0.3, 0.4) is 0 Å². The summed E-state index contributed by atoms with van der Waals surface area (Å²) >= 11 is 0. The second-order valence-corrected chi connectivity index (χ2v) is 9.99. The third-order valence-electron chi connectivity index (χ3n) is 6.35. The summed E-state index contributed by atoms with van der Waals surface area (Å²) < 4.78 is 13.8. The van der Waals surface area contributed by atoms with Crippen molar-refractivity contribution in [1.29, 1.82) is 0 Å². The molecule has 0 amide bonds. The average molecular weight is 455 g/mol. The van der Waals surface area contributed by atoms with Crippen molar-refractivity contribution in [1.82, 2.24) is 4.57 Å². The molecule has 166 valence electrons. The van der Waals surface area contributed by atoms with E-state index in [1.165, 1.54) is 45.1 Å². The van der Waals surface area contributed by atoms with E-state index in [1.54, 1.807) is 12.1 Å². The molecular weight excluding hydrogens is 429 g/mol. The molecular formula is C28H26NO3P. The Bertz CT molecular complexity index is 1470. The van der Waals surface area contributed by atoms with Crippen molar-refractivity contribution < 1.29 is 14.4 Å². The van der Waals surface area contributed by atoms with Crippen LogP contribution < -0.4 is 5.30 Å². The zero-order valence-corrected chi connectivity index (χ0v) is 19.6. The molecule has 0 aliphatic carbocycles. The predicted octanol–water partition coefficient (Wildman–Crippen LogP) is 6.38. The summed E-state index contributed by atoms with van der Waals surface area (Å²) in [6.45, 7) is 4.36. The second-order valence-electron chi connectivity index (χ2n) is 8.39. The fraction of sp³-hybridized carbons (Fsp3) is 0.143. The van der Waals surface area contributed by atoms with E-state index >= 15 is 0 Å². The summed E-state index contributed by atoms with van der Waals surface area (Å²) in [6, 6.07) is 28.2. The van der Waals surface area contributed by atoms with Crippen LogP contribution in [0.1, 0.15) is 25.0 Å². The van der Waals surface area contributed by atoms with Crippen LogP contribution in [0.2, 0.25) is 0 Å². The van der Waals surface area contributed by atoms with Gasteiger partial charge in [-0.25, -0.2) is 0 Å². The lowest BCUT2D eigenvalue weighted by Crippen LogP contribution is -2.02. The van der Waals surface area contributed by atoms with Gasteiger partial charge >= 0.3 is 7.60 Å². The molecule has 5 heteroatoms. The van der Waals surface area contributed by atoms with Gasteiger partial charge in [0.25, 0.3) is 0 Å². The highest BCUT2D eigenvalue weighted by Crippen LogP contribution is 2.36. The Balaban J connectivity index is 1.70. The number of aromatic nitrogens is 1. The van der Waals surface area contributed by atoms with E-state index in [2.05, 4.69) is 66.9 Å². The Kier molecular flexibility index (Phi) is 5.46. The predicted molar refractivity (Wildman–Crippen MR) is 137 cm³/mol. The number of hydrogen-bond donors (Lipinski definition) is 2. The molecule has 0 saturated heterocycles. The zero-order valence-electron chi connectivity index (χ0n) is 18.7. The van der Waals surface area contributed by atoms with Gasteiger partial charge in [-0.1, -0.05) is 50.2 Å². The first-order valence-corrected chi connectivity index (χ1v) is 12.8. The van der Waals surface area contributed by atoms with Gasteiger partial charge in [0.15, 0.2) is 0 Å². The maximum atomic E-state index is 11.5. The van der Waals surface area contributed by atoms with Crippen molar-refractivity contribution in [2.24, 2.45) is 0 Å². The molecule has 4 aromatic carbocycles. The molecule has 4 nitrogen and oxygen atoms in total. The molecule has 0 radical (unpaired) electrons. The number of nitrogens with zero attached hydrogens (tertiary/aromatic N) is 1. The second kappa shape index (κ2) is 8.31. The van der Waals surface area contributed by atoms with E-state index in [1.807, 2.05) is 12.1 Å². The fourth-order valence-electron chi connectivity index (χ4n) is 4.51. The molecule has 0 fully saturated rings. The summed E-state index contributed by atoms with van der Waals surface area (Å²) in [5, 5.41) is 2.55. The summed E-state index contributed by atoms with van der Waals surface area (Å²) in [7, 11) is -4.25. The van der Waals surface area contributed by atoms with Gasteiger partial charge in [0.2, 0.25) is 0 Å². The number of aryl methyl sites for hydroxylation is 2. The zero-order chi connectivity index (χ0) is 23.2. The van der Waals surface area contributed by atoms with Crippen LogP contribution in [0, 0.1) is 0 Å². The summed E-state index contributed by atoms with van der Waals surface area (Å²) in [5.74, 6) is 0. The van der Waals surface area contributed by atoms with Crippen molar-refractivity contribution in [3.8, 4) is 16.8 Å². The quantitative estimate of drug-likeness (QED) is 0.302. The number of benzene rings is 4. The maximum absolute atomic E-state index is 11.5. The van der Waals surface area contributed by atoms with Crippen LogP contribution in [-0.2, 0) is 17.4 Å². The van der Waals surface area contributed by atoms with Gasteiger partial charge in [0.05, 0.1) is 16.3 Å². The summed E-state index contributed by atoms with van der Waals surface area (Å²) in [6.07, 6.45) is 1.99. The highest BCUT2D eigenvalue weighted by molar-refractivity contribution is 7.60. The Hall–Kier alpha value is -3.17. The lowest BCUT2D eigenvalue weighted by atomic mass is 10.1. The van der Waals surface area contributed by atoms with Crippen LogP contribution in [0.5, 0.6) is 0 Å². The molecule has 5 rings (SSSR count). The largest absolute Gasteiger partial charge is 0.356 e. The van der Waals surface area contributed by atoms with Crippen molar-refractivity contribution in [2.75, 3.05) is 0 Å². The van der Waals surface area contributed by atoms with Gasteiger partial charge in [0, 0.05) is 16.5 Å². The molecule has 0 bridgehead atoms. The van der Waals surface area contributed by atoms with Gasteiger partial charge in [-0.3, -0.25) is 4.57 Å². The minimum Gasteiger partial charge on any atom is -0.321 e. The van der Waals surface area contributed by atoms with Crippen LogP contribution in [0.15, 0.2) is 84.9 Å². The third kappa shape index (κ3) is 3.91. The molecule has 0 aliphatic heterocycles. The van der Waals surface area contributed by atoms with Gasteiger partial charge in [-0.2, -0.15) is 0 Å². The first kappa shape index (κ1) is 21.7. The molecule has 2 N–H and O–H groups in total. The van der Waals surface area contributed by atoms with E-state index in [4.69, 9.17) is 0 Å². The topological polar surface area (TPSA) is 62.5 Å². The summed E-state index contributed by atoms with van der Waals surface area (Å²) in [5.41, 5.74) is 7.95. The van der Waals surface area contributed by atoms with Crippen molar-refractivity contribution in [3.63, 3.8) is 0 Å². The number of fused-ring (bicyclic) bond motifs is 3. The minimum atomic E-state index is -4.25.